The molecule has 0 radical (unpaired) electrons. The van der Waals surface area contributed by atoms with Gasteiger partial charge in [0.1, 0.15) is 0 Å². The van der Waals surface area contributed by atoms with E-state index in [4.69, 9.17) is 4.74 Å². The fourth-order valence-corrected chi connectivity index (χ4v) is 3.56. The van der Waals surface area contributed by atoms with E-state index in [0.717, 1.165) is 25.6 Å². The van der Waals surface area contributed by atoms with Crippen molar-refractivity contribution in [3.8, 4) is 0 Å². The summed E-state index contributed by atoms with van der Waals surface area (Å²) in [7, 11) is 6.48. The third-order valence-electron chi connectivity index (χ3n) is 4.65. The first kappa shape index (κ1) is 14.3. The molecular weight excluding hydrogens is 226 g/mol. The maximum Gasteiger partial charge on any atom is 0.0521 e. The molecular formula is C14H29N3O. The number of likely N-dealkylation sites (N-methyl/N-ethyl adjacent to an activating group) is 1. The van der Waals surface area contributed by atoms with Gasteiger partial charge in [-0.15, -0.1) is 0 Å². The smallest absolute Gasteiger partial charge is 0.0521 e. The molecule has 4 unspecified atom stereocenters. The van der Waals surface area contributed by atoms with E-state index in [0.29, 0.717) is 18.0 Å². The fourth-order valence-electron chi connectivity index (χ4n) is 3.56. The number of likely N-dealkylation sites (tertiary alicyclic amines) is 1. The molecule has 4 nitrogen and oxygen atoms in total. The highest BCUT2D eigenvalue weighted by Crippen LogP contribution is 2.23. The second-order valence-electron chi connectivity index (χ2n) is 6.25. The van der Waals surface area contributed by atoms with E-state index in [2.05, 4.69) is 43.2 Å². The van der Waals surface area contributed by atoms with Gasteiger partial charge in [0, 0.05) is 44.2 Å². The van der Waals surface area contributed by atoms with Crippen molar-refractivity contribution < 1.29 is 4.74 Å². The normalized spacial score (nSPS) is 38.5. The molecule has 0 spiro atoms. The lowest BCUT2D eigenvalue weighted by atomic mass is 9.95. The van der Waals surface area contributed by atoms with Crippen LogP contribution in [0.15, 0.2) is 0 Å². The summed E-state index contributed by atoms with van der Waals surface area (Å²) in [5.41, 5.74) is 0. The Hall–Kier alpha value is -0.160. The summed E-state index contributed by atoms with van der Waals surface area (Å²) in [5, 5.41) is 3.46. The number of hydrogen-bond donors (Lipinski definition) is 1. The summed E-state index contributed by atoms with van der Waals surface area (Å²) >= 11 is 0. The van der Waals surface area contributed by atoms with Crippen LogP contribution in [-0.4, -0.2) is 75.9 Å². The third-order valence-corrected chi connectivity index (χ3v) is 4.65. The molecule has 0 aliphatic carbocycles. The van der Waals surface area contributed by atoms with Crippen LogP contribution in [0.5, 0.6) is 0 Å². The highest BCUT2D eigenvalue weighted by Gasteiger charge is 2.34. The first-order valence-corrected chi connectivity index (χ1v) is 7.25. The zero-order valence-corrected chi connectivity index (χ0v) is 12.4. The lowest BCUT2D eigenvalue weighted by Crippen LogP contribution is -2.46. The molecule has 0 aromatic rings. The van der Waals surface area contributed by atoms with E-state index in [9.17, 15) is 0 Å². The number of nitrogens with zero attached hydrogens (tertiary/aromatic N) is 2. The first-order chi connectivity index (χ1) is 8.61. The van der Waals surface area contributed by atoms with Crippen LogP contribution in [0.2, 0.25) is 0 Å². The van der Waals surface area contributed by atoms with E-state index in [1.165, 1.54) is 19.6 Å². The van der Waals surface area contributed by atoms with E-state index < -0.39 is 0 Å². The topological polar surface area (TPSA) is 27.7 Å². The standard InChI is InChI=1S/C14H29N3O/c1-11-7-17(9-14(11)16(3)4)8-12-10-18-6-5-13(12)15-2/h11-15H,5-10H2,1-4H3. The second-order valence-corrected chi connectivity index (χ2v) is 6.25. The van der Waals surface area contributed by atoms with Gasteiger partial charge in [-0.3, -0.25) is 0 Å². The molecule has 18 heavy (non-hydrogen) atoms. The van der Waals surface area contributed by atoms with Gasteiger partial charge >= 0.3 is 0 Å². The average Bonchev–Trinajstić information content (AvgIpc) is 2.71. The Balaban J connectivity index is 1.86. The molecule has 0 saturated carbocycles. The van der Waals surface area contributed by atoms with Gasteiger partial charge in [-0.25, -0.2) is 0 Å². The molecule has 0 amide bonds. The molecule has 2 fully saturated rings. The molecule has 4 atom stereocenters. The largest absolute Gasteiger partial charge is 0.381 e. The molecule has 2 aliphatic heterocycles. The van der Waals surface area contributed by atoms with E-state index in [1.807, 2.05) is 0 Å². The summed E-state index contributed by atoms with van der Waals surface area (Å²) in [6, 6.07) is 1.34. The first-order valence-electron chi connectivity index (χ1n) is 7.25. The molecule has 2 heterocycles. The average molecular weight is 255 g/mol. The van der Waals surface area contributed by atoms with Crippen LogP contribution in [0.4, 0.5) is 0 Å². The van der Waals surface area contributed by atoms with Gasteiger partial charge < -0.3 is 19.9 Å². The number of nitrogens with one attached hydrogen (secondary N) is 1. The zero-order chi connectivity index (χ0) is 13.1. The van der Waals surface area contributed by atoms with Crippen molar-refractivity contribution in [1.82, 2.24) is 15.1 Å². The van der Waals surface area contributed by atoms with Crippen molar-refractivity contribution >= 4 is 0 Å². The van der Waals surface area contributed by atoms with Crippen LogP contribution in [-0.2, 0) is 4.74 Å². The maximum absolute atomic E-state index is 5.65. The predicted octanol–water partition coefficient (Wildman–Crippen LogP) is 0.493. The van der Waals surface area contributed by atoms with Crippen molar-refractivity contribution in [2.24, 2.45) is 11.8 Å². The maximum atomic E-state index is 5.65. The minimum atomic E-state index is 0.632. The molecule has 0 aromatic heterocycles. The number of hydrogen-bond acceptors (Lipinski definition) is 4. The van der Waals surface area contributed by atoms with Gasteiger partial charge in [-0.1, -0.05) is 6.92 Å². The van der Waals surface area contributed by atoms with Gasteiger partial charge in [0.25, 0.3) is 0 Å². The van der Waals surface area contributed by atoms with Gasteiger partial charge in [0.2, 0.25) is 0 Å². The lowest BCUT2D eigenvalue weighted by molar-refractivity contribution is 0.0206. The number of rotatable bonds is 4. The van der Waals surface area contributed by atoms with E-state index in [1.54, 1.807) is 0 Å². The molecule has 4 heteroatoms. The van der Waals surface area contributed by atoms with E-state index >= 15 is 0 Å². The zero-order valence-electron chi connectivity index (χ0n) is 12.4. The summed E-state index contributed by atoms with van der Waals surface area (Å²) in [5.74, 6) is 1.43. The lowest BCUT2D eigenvalue weighted by Gasteiger charge is -2.34. The van der Waals surface area contributed by atoms with Crippen molar-refractivity contribution in [3.05, 3.63) is 0 Å². The highest BCUT2D eigenvalue weighted by molar-refractivity contribution is 4.89. The van der Waals surface area contributed by atoms with Crippen LogP contribution >= 0.6 is 0 Å². The van der Waals surface area contributed by atoms with Crippen LogP contribution in [0.3, 0.4) is 0 Å². The number of ether oxygens (including phenoxy) is 1. The minimum Gasteiger partial charge on any atom is -0.381 e. The van der Waals surface area contributed by atoms with Gasteiger partial charge in [0.05, 0.1) is 6.61 Å². The van der Waals surface area contributed by atoms with Crippen LogP contribution in [0, 0.1) is 11.8 Å². The summed E-state index contributed by atoms with van der Waals surface area (Å²) in [4.78, 5) is 5.00. The molecule has 2 rings (SSSR count). The molecule has 106 valence electrons. The second kappa shape index (κ2) is 6.33. The Morgan fingerprint density at radius 2 is 2.11 bits per heavy atom. The Labute approximate surface area is 112 Å². The monoisotopic (exact) mass is 255 g/mol. The Morgan fingerprint density at radius 1 is 1.33 bits per heavy atom. The van der Waals surface area contributed by atoms with E-state index in [-0.39, 0.29) is 0 Å². The molecule has 2 aliphatic rings. The summed E-state index contributed by atoms with van der Waals surface area (Å²) in [6.45, 7) is 7.83. The van der Waals surface area contributed by atoms with Crippen molar-refractivity contribution in [3.63, 3.8) is 0 Å². The van der Waals surface area contributed by atoms with Crippen LogP contribution in [0.25, 0.3) is 0 Å². The third kappa shape index (κ3) is 3.23. The SMILES string of the molecule is CNC1CCOCC1CN1CC(C)C(N(C)C)C1. The fraction of sp³-hybridized carbons (Fsp3) is 1.00. The van der Waals surface area contributed by atoms with Gasteiger partial charge in [-0.2, -0.15) is 0 Å². The summed E-state index contributed by atoms with van der Waals surface area (Å²) < 4.78 is 5.65. The molecule has 2 saturated heterocycles. The quantitative estimate of drug-likeness (QED) is 0.791. The summed E-state index contributed by atoms with van der Waals surface area (Å²) in [6.07, 6.45) is 1.15. The Bertz CT molecular complexity index is 259. The van der Waals surface area contributed by atoms with Crippen LogP contribution < -0.4 is 5.32 Å². The highest BCUT2D eigenvalue weighted by atomic mass is 16.5. The Kier molecular flexibility index (Phi) is 5.01. The molecule has 0 bridgehead atoms. The molecule has 0 aromatic carbocycles. The predicted molar refractivity (Wildman–Crippen MR) is 74.9 cm³/mol. The minimum absolute atomic E-state index is 0.632. The van der Waals surface area contributed by atoms with Crippen molar-refractivity contribution in [2.45, 2.75) is 25.4 Å². The van der Waals surface area contributed by atoms with Gasteiger partial charge in [-0.05, 0) is 33.5 Å². The van der Waals surface area contributed by atoms with Crippen LogP contribution in [0.1, 0.15) is 13.3 Å². The van der Waals surface area contributed by atoms with Crippen molar-refractivity contribution in [1.29, 1.82) is 0 Å². The van der Waals surface area contributed by atoms with Gasteiger partial charge in [0.15, 0.2) is 0 Å². The molecule has 1 N–H and O–H groups in total. The van der Waals surface area contributed by atoms with Crippen molar-refractivity contribution in [2.75, 3.05) is 54.0 Å². The Morgan fingerprint density at radius 3 is 2.72 bits per heavy atom.